The second-order valence-corrected chi connectivity index (χ2v) is 6.27. The lowest BCUT2D eigenvalue weighted by Gasteiger charge is -2.10. The first-order valence-electron chi connectivity index (χ1n) is 6.51. The van der Waals surface area contributed by atoms with Gasteiger partial charge in [-0.25, -0.2) is 9.78 Å². The van der Waals surface area contributed by atoms with Crippen LogP contribution >= 0.6 is 39.1 Å². The topological polar surface area (TPSA) is 55.1 Å². The molecule has 0 amide bonds. The fourth-order valence-electron chi connectivity index (χ4n) is 2.19. The molecule has 3 rings (SSSR count). The zero-order valence-electron chi connectivity index (χ0n) is 11.5. The Labute approximate surface area is 150 Å². The summed E-state index contributed by atoms with van der Waals surface area (Å²) in [6, 6.07) is 14.1. The molecule has 1 heterocycles. The third kappa shape index (κ3) is 3.00. The van der Waals surface area contributed by atoms with Crippen molar-refractivity contribution in [3.05, 3.63) is 68.9 Å². The maximum absolute atomic E-state index is 11.4. The number of nitrogens with zero attached hydrogens (tertiary/aromatic N) is 2. The van der Waals surface area contributed by atoms with E-state index in [1.807, 2.05) is 6.07 Å². The molecule has 0 aliphatic heterocycles. The fourth-order valence-corrected chi connectivity index (χ4v) is 3.16. The van der Waals surface area contributed by atoms with Crippen LogP contribution in [0.4, 0.5) is 0 Å². The maximum Gasteiger partial charge on any atom is 0.357 e. The third-order valence-electron chi connectivity index (χ3n) is 3.22. The standard InChI is InChI=1S/C16H9BrCl2N2O2/c17-14-13(16(22)23)20-15(11-3-1-2-4-12(11)19)21(14)10-7-5-9(18)6-8-10/h1-8H,(H,22,23). The van der Waals surface area contributed by atoms with E-state index in [1.165, 1.54) is 0 Å². The van der Waals surface area contributed by atoms with E-state index in [2.05, 4.69) is 20.9 Å². The summed E-state index contributed by atoms with van der Waals surface area (Å²) < 4.78 is 2.02. The average Bonchev–Trinajstić information content (AvgIpc) is 2.86. The van der Waals surface area contributed by atoms with E-state index in [1.54, 1.807) is 47.0 Å². The summed E-state index contributed by atoms with van der Waals surface area (Å²) in [4.78, 5) is 15.7. The van der Waals surface area contributed by atoms with Gasteiger partial charge in [-0.2, -0.15) is 0 Å². The van der Waals surface area contributed by atoms with Crippen LogP contribution in [0, 0.1) is 0 Å². The summed E-state index contributed by atoms with van der Waals surface area (Å²) in [6.07, 6.45) is 0. The van der Waals surface area contributed by atoms with Crippen LogP contribution in [0.15, 0.2) is 53.1 Å². The number of hydrogen-bond donors (Lipinski definition) is 1. The van der Waals surface area contributed by atoms with E-state index >= 15 is 0 Å². The van der Waals surface area contributed by atoms with Gasteiger partial charge >= 0.3 is 5.97 Å². The van der Waals surface area contributed by atoms with Gasteiger partial charge in [0, 0.05) is 16.3 Å². The quantitative estimate of drug-likeness (QED) is 0.635. The van der Waals surface area contributed by atoms with Crippen LogP contribution < -0.4 is 0 Å². The molecule has 0 radical (unpaired) electrons. The van der Waals surface area contributed by atoms with Crippen LogP contribution in [-0.2, 0) is 0 Å². The lowest BCUT2D eigenvalue weighted by Crippen LogP contribution is -1.99. The monoisotopic (exact) mass is 410 g/mol. The molecule has 0 saturated heterocycles. The Morgan fingerprint density at radius 2 is 1.74 bits per heavy atom. The number of carbonyl (C=O) groups is 1. The predicted octanol–water partition coefficient (Wildman–Crippen LogP) is 5.31. The molecule has 7 heteroatoms. The predicted molar refractivity (Wildman–Crippen MR) is 93.7 cm³/mol. The minimum absolute atomic E-state index is 0.0881. The van der Waals surface area contributed by atoms with Gasteiger partial charge in [-0.3, -0.25) is 4.57 Å². The number of benzene rings is 2. The number of hydrogen-bond acceptors (Lipinski definition) is 2. The molecular weight excluding hydrogens is 403 g/mol. The molecule has 0 aliphatic rings. The highest BCUT2D eigenvalue weighted by atomic mass is 79.9. The molecule has 1 aromatic heterocycles. The molecule has 0 fully saturated rings. The number of rotatable bonds is 3. The summed E-state index contributed by atoms with van der Waals surface area (Å²) in [6.45, 7) is 0. The van der Waals surface area contributed by atoms with Crippen LogP contribution in [0.3, 0.4) is 0 Å². The molecule has 3 aromatic rings. The highest BCUT2D eigenvalue weighted by molar-refractivity contribution is 9.10. The Kier molecular flexibility index (Phi) is 4.43. The van der Waals surface area contributed by atoms with E-state index in [0.717, 1.165) is 5.69 Å². The molecule has 0 atom stereocenters. The molecule has 0 unspecified atom stereocenters. The van der Waals surface area contributed by atoms with E-state index in [0.29, 0.717) is 26.0 Å². The van der Waals surface area contributed by atoms with Crippen molar-refractivity contribution in [2.75, 3.05) is 0 Å². The van der Waals surface area contributed by atoms with E-state index in [4.69, 9.17) is 23.2 Å². The average molecular weight is 412 g/mol. The molecular formula is C16H9BrCl2N2O2. The van der Waals surface area contributed by atoms with Crippen LogP contribution in [0.25, 0.3) is 17.1 Å². The van der Waals surface area contributed by atoms with E-state index in [-0.39, 0.29) is 5.69 Å². The Hall–Kier alpha value is -1.82. The molecule has 4 nitrogen and oxygen atoms in total. The zero-order valence-corrected chi connectivity index (χ0v) is 14.6. The molecule has 0 spiro atoms. The lowest BCUT2D eigenvalue weighted by molar-refractivity contribution is 0.0690. The first kappa shape index (κ1) is 16.1. The van der Waals surface area contributed by atoms with Crippen molar-refractivity contribution >= 4 is 45.1 Å². The minimum Gasteiger partial charge on any atom is -0.476 e. The van der Waals surface area contributed by atoms with Crippen LogP contribution in [0.2, 0.25) is 10.0 Å². The Balaban J connectivity index is 2.31. The van der Waals surface area contributed by atoms with Crippen molar-refractivity contribution in [3.63, 3.8) is 0 Å². The van der Waals surface area contributed by atoms with Crippen LogP contribution in [0.1, 0.15) is 10.5 Å². The maximum atomic E-state index is 11.4. The number of carboxylic acid groups (broad SMARTS) is 1. The van der Waals surface area contributed by atoms with E-state index in [9.17, 15) is 9.90 Å². The van der Waals surface area contributed by atoms with Gasteiger partial charge < -0.3 is 5.11 Å². The number of halogens is 3. The fraction of sp³-hybridized carbons (Fsp3) is 0. The molecule has 0 bridgehead atoms. The summed E-state index contributed by atoms with van der Waals surface area (Å²) >= 11 is 15.5. The van der Waals surface area contributed by atoms with Crippen molar-refractivity contribution in [2.24, 2.45) is 0 Å². The summed E-state index contributed by atoms with van der Waals surface area (Å²) in [5.74, 6) is -0.694. The minimum atomic E-state index is -1.13. The highest BCUT2D eigenvalue weighted by Gasteiger charge is 2.23. The SMILES string of the molecule is O=C(O)c1nc(-c2ccccc2Cl)n(-c2ccc(Cl)cc2)c1Br. The van der Waals surface area contributed by atoms with Gasteiger partial charge in [-0.15, -0.1) is 0 Å². The molecule has 1 N–H and O–H groups in total. The second kappa shape index (κ2) is 6.35. The van der Waals surface area contributed by atoms with Crippen LogP contribution in [0.5, 0.6) is 0 Å². The van der Waals surface area contributed by atoms with Crippen molar-refractivity contribution in [1.29, 1.82) is 0 Å². The zero-order chi connectivity index (χ0) is 16.6. The highest BCUT2D eigenvalue weighted by Crippen LogP contribution is 2.34. The summed E-state index contributed by atoms with van der Waals surface area (Å²) in [5.41, 5.74) is 1.27. The van der Waals surface area contributed by atoms with Crippen molar-refractivity contribution in [1.82, 2.24) is 9.55 Å². The number of imidazole rings is 1. The Morgan fingerprint density at radius 3 is 2.35 bits per heavy atom. The van der Waals surface area contributed by atoms with Crippen molar-refractivity contribution < 1.29 is 9.90 Å². The lowest BCUT2D eigenvalue weighted by atomic mass is 10.2. The van der Waals surface area contributed by atoms with Gasteiger partial charge in [-0.05, 0) is 52.3 Å². The molecule has 23 heavy (non-hydrogen) atoms. The molecule has 2 aromatic carbocycles. The smallest absolute Gasteiger partial charge is 0.357 e. The van der Waals surface area contributed by atoms with Gasteiger partial charge in [0.1, 0.15) is 10.4 Å². The van der Waals surface area contributed by atoms with Gasteiger partial charge in [0.05, 0.1) is 5.02 Å². The first-order valence-corrected chi connectivity index (χ1v) is 8.06. The van der Waals surface area contributed by atoms with Crippen LogP contribution in [-0.4, -0.2) is 20.6 Å². The van der Waals surface area contributed by atoms with Gasteiger partial charge in [0.2, 0.25) is 0 Å². The molecule has 116 valence electrons. The molecule has 0 aliphatic carbocycles. The Morgan fingerprint density at radius 1 is 1.09 bits per heavy atom. The van der Waals surface area contributed by atoms with Crippen molar-refractivity contribution in [3.8, 4) is 17.1 Å². The van der Waals surface area contributed by atoms with E-state index < -0.39 is 5.97 Å². The van der Waals surface area contributed by atoms with Gasteiger partial charge in [0.25, 0.3) is 0 Å². The Bertz CT molecular complexity index is 892. The second-order valence-electron chi connectivity index (χ2n) is 4.67. The van der Waals surface area contributed by atoms with Gasteiger partial charge in [-0.1, -0.05) is 35.3 Å². The number of aromatic carboxylic acids is 1. The molecule has 0 saturated carbocycles. The number of carboxylic acids is 1. The third-order valence-corrected chi connectivity index (χ3v) is 4.54. The van der Waals surface area contributed by atoms with Gasteiger partial charge in [0.15, 0.2) is 5.69 Å². The number of aromatic nitrogens is 2. The summed E-state index contributed by atoms with van der Waals surface area (Å²) in [5, 5.41) is 10.4. The summed E-state index contributed by atoms with van der Waals surface area (Å²) in [7, 11) is 0. The largest absolute Gasteiger partial charge is 0.476 e. The normalized spacial score (nSPS) is 10.7. The van der Waals surface area contributed by atoms with Crippen molar-refractivity contribution in [2.45, 2.75) is 0 Å². The first-order chi connectivity index (χ1) is 11.0.